The number of benzene rings is 1. The van der Waals surface area contributed by atoms with E-state index in [2.05, 4.69) is 0 Å². The first-order valence-electron chi connectivity index (χ1n) is 5.97. The average molecular weight is 280 g/mol. The number of thiophene rings is 1. The highest BCUT2D eigenvalue weighted by Crippen LogP contribution is 2.34. The van der Waals surface area contributed by atoms with Crippen molar-refractivity contribution in [2.24, 2.45) is 0 Å². The predicted octanol–water partition coefficient (Wildman–Crippen LogP) is 0.910. The average Bonchev–Trinajstić information content (AvgIpc) is 2.76. The lowest BCUT2D eigenvalue weighted by Crippen LogP contribution is -2.35. The minimum absolute atomic E-state index is 0.142. The number of nitrogens with two attached hydrogens (primary N) is 1. The smallest absolute Gasteiger partial charge is 0.266 e. The van der Waals surface area contributed by atoms with E-state index in [1.165, 1.54) is 16.2 Å². The van der Waals surface area contributed by atoms with Crippen molar-refractivity contribution in [3.8, 4) is 0 Å². The van der Waals surface area contributed by atoms with E-state index in [1.54, 1.807) is 0 Å². The van der Waals surface area contributed by atoms with Crippen LogP contribution in [0.25, 0.3) is 10.1 Å². The molecule has 0 spiro atoms. The third-order valence-corrected chi connectivity index (χ3v) is 4.03. The minimum atomic E-state index is -0.248. The zero-order chi connectivity index (χ0) is 13.8. The molecule has 0 aliphatic heterocycles. The summed E-state index contributed by atoms with van der Waals surface area (Å²) in [5, 5.41) is 18.8. The molecule has 1 aromatic heterocycles. The van der Waals surface area contributed by atoms with Gasteiger partial charge in [-0.05, 0) is 6.07 Å². The van der Waals surface area contributed by atoms with Crippen LogP contribution < -0.4 is 5.73 Å². The van der Waals surface area contributed by atoms with Gasteiger partial charge in [0.05, 0.1) is 18.9 Å². The maximum atomic E-state index is 12.3. The summed E-state index contributed by atoms with van der Waals surface area (Å²) in [6.45, 7) is 0.0905. The number of aliphatic hydroxyl groups excluding tert-OH is 2. The van der Waals surface area contributed by atoms with Gasteiger partial charge in [-0.15, -0.1) is 11.3 Å². The quantitative estimate of drug-likeness (QED) is 0.760. The van der Waals surface area contributed by atoms with Gasteiger partial charge in [-0.25, -0.2) is 0 Å². The third-order valence-electron chi connectivity index (χ3n) is 2.86. The first kappa shape index (κ1) is 13.8. The zero-order valence-corrected chi connectivity index (χ0v) is 11.2. The van der Waals surface area contributed by atoms with Gasteiger partial charge in [-0.2, -0.15) is 0 Å². The van der Waals surface area contributed by atoms with Gasteiger partial charge in [0, 0.05) is 23.2 Å². The second kappa shape index (κ2) is 6.01. The second-order valence-corrected chi connectivity index (χ2v) is 5.13. The molecule has 5 nitrogen and oxygen atoms in total. The van der Waals surface area contributed by atoms with E-state index in [0.717, 1.165) is 10.1 Å². The molecule has 1 heterocycles. The van der Waals surface area contributed by atoms with Crippen LogP contribution in [0.1, 0.15) is 9.67 Å². The Morgan fingerprint density at radius 1 is 1.21 bits per heavy atom. The third kappa shape index (κ3) is 2.70. The van der Waals surface area contributed by atoms with Gasteiger partial charge in [-0.1, -0.05) is 18.2 Å². The fourth-order valence-electron chi connectivity index (χ4n) is 1.92. The van der Waals surface area contributed by atoms with Gasteiger partial charge in [0.25, 0.3) is 5.91 Å². The first-order chi connectivity index (χ1) is 9.19. The van der Waals surface area contributed by atoms with Crippen molar-refractivity contribution < 1.29 is 15.0 Å². The van der Waals surface area contributed by atoms with Crippen LogP contribution in [-0.4, -0.2) is 47.3 Å². The molecule has 0 bridgehead atoms. The Bertz CT molecular complexity index is 576. The lowest BCUT2D eigenvalue weighted by Gasteiger charge is -2.20. The Kier molecular flexibility index (Phi) is 4.36. The van der Waals surface area contributed by atoms with E-state index in [9.17, 15) is 4.79 Å². The molecule has 0 atom stereocenters. The van der Waals surface area contributed by atoms with Crippen LogP contribution in [0.2, 0.25) is 0 Å². The molecular weight excluding hydrogens is 264 g/mol. The van der Waals surface area contributed by atoms with E-state index in [4.69, 9.17) is 15.9 Å². The number of carbonyl (C=O) groups excluding carboxylic acids is 1. The molecule has 0 radical (unpaired) electrons. The summed E-state index contributed by atoms with van der Waals surface area (Å²) in [7, 11) is 0. The number of hydrogen-bond donors (Lipinski definition) is 3. The zero-order valence-electron chi connectivity index (χ0n) is 10.4. The summed E-state index contributed by atoms with van der Waals surface area (Å²) in [5.41, 5.74) is 6.47. The van der Waals surface area contributed by atoms with Crippen molar-refractivity contribution >= 4 is 33.0 Å². The molecule has 2 aromatic rings. The van der Waals surface area contributed by atoms with Gasteiger partial charge in [-0.3, -0.25) is 4.79 Å². The van der Waals surface area contributed by atoms with Gasteiger partial charge in [0.2, 0.25) is 0 Å². The lowest BCUT2D eigenvalue weighted by atomic mass is 10.2. The van der Waals surface area contributed by atoms with Gasteiger partial charge >= 0.3 is 0 Å². The molecule has 102 valence electrons. The van der Waals surface area contributed by atoms with E-state index in [0.29, 0.717) is 10.6 Å². The van der Waals surface area contributed by atoms with E-state index in [1.807, 2.05) is 24.3 Å². The standard InChI is InChI=1S/C13H16N2O3S/c14-11-9-3-1-2-4-10(9)19-12(11)13(18)15(5-7-16)6-8-17/h1-4,16-17H,5-8,14H2. The number of rotatable bonds is 5. The Morgan fingerprint density at radius 3 is 2.42 bits per heavy atom. The van der Waals surface area contributed by atoms with Crippen molar-refractivity contribution in [1.29, 1.82) is 0 Å². The topological polar surface area (TPSA) is 86.8 Å². The molecule has 1 aromatic carbocycles. The Morgan fingerprint density at radius 2 is 1.84 bits per heavy atom. The summed E-state index contributed by atoms with van der Waals surface area (Å²) in [5.74, 6) is -0.248. The van der Waals surface area contributed by atoms with Crippen molar-refractivity contribution in [1.82, 2.24) is 4.90 Å². The molecule has 2 rings (SSSR count). The fraction of sp³-hybridized carbons (Fsp3) is 0.308. The van der Waals surface area contributed by atoms with E-state index >= 15 is 0 Å². The van der Waals surface area contributed by atoms with Crippen LogP contribution in [0.4, 0.5) is 5.69 Å². The predicted molar refractivity (Wildman–Crippen MR) is 76.3 cm³/mol. The Labute approximate surface area is 114 Å². The number of carbonyl (C=O) groups is 1. The van der Waals surface area contributed by atoms with Gasteiger partial charge < -0.3 is 20.8 Å². The van der Waals surface area contributed by atoms with Crippen molar-refractivity contribution in [2.45, 2.75) is 0 Å². The maximum Gasteiger partial charge on any atom is 0.266 e. The van der Waals surface area contributed by atoms with E-state index in [-0.39, 0.29) is 32.2 Å². The Balaban J connectivity index is 2.37. The molecule has 4 N–H and O–H groups in total. The number of nitrogen functional groups attached to an aromatic ring is 1. The number of amides is 1. The number of aliphatic hydroxyl groups is 2. The van der Waals surface area contributed by atoms with Gasteiger partial charge in [0.15, 0.2) is 0 Å². The van der Waals surface area contributed by atoms with Crippen LogP contribution in [0.5, 0.6) is 0 Å². The number of nitrogens with zero attached hydrogens (tertiary/aromatic N) is 1. The summed E-state index contributed by atoms with van der Waals surface area (Å²) in [6.07, 6.45) is 0. The fourth-order valence-corrected chi connectivity index (χ4v) is 3.01. The molecule has 0 unspecified atom stereocenters. The highest BCUT2D eigenvalue weighted by Gasteiger charge is 2.21. The molecule has 0 saturated heterocycles. The van der Waals surface area contributed by atoms with E-state index < -0.39 is 0 Å². The summed E-state index contributed by atoms with van der Waals surface area (Å²) >= 11 is 1.33. The molecule has 0 saturated carbocycles. The van der Waals surface area contributed by atoms with Crippen molar-refractivity contribution in [3.05, 3.63) is 29.1 Å². The minimum Gasteiger partial charge on any atom is -0.397 e. The molecule has 6 heteroatoms. The van der Waals surface area contributed by atoms with Crippen molar-refractivity contribution in [2.75, 3.05) is 32.0 Å². The highest BCUT2D eigenvalue weighted by molar-refractivity contribution is 7.21. The largest absolute Gasteiger partial charge is 0.397 e. The first-order valence-corrected chi connectivity index (χ1v) is 6.78. The number of anilines is 1. The van der Waals surface area contributed by atoms with Crippen LogP contribution in [0.3, 0.4) is 0 Å². The second-order valence-electron chi connectivity index (χ2n) is 4.08. The van der Waals surface area contributed by atoms with Gasteiger partial charge in [0.1, 0.15) is 4.88 Å². The molecule has 0 aliphatic rings. The maximum absolute atomic E-state index is 12.3. The lowest BCUT2D eigenvalue weighted by molar-refractivity contribution is 0.0690. The van der Waals surface area contributed by atoms with Crippen molar-refractivity contribution in [3.63, 3.8) is 0 Å². The summed E-state index contributed by atoms with van der Waals surface area (Å²) in [6, 6.07) is 7.56. The monoisotopic (exact) mass is 280 g/mol. The highest BCUT2D eigenvalue weighted by atomic mass is 32.1. The molecular formula is C13H16N2O3S. The summed E-state index contributed by atoms with van der Waals surface area (Å²) in [4.78, 5) is 14.2. The molecule has 19 heavy (non-hydrogen) atoms. The normalized spacial score (nSPS) is 10.8. The number of fused-ring (bicyclic) bond motifs is 1. The molecule has 1 amide bonds. The SMILES string of the molecule is Nc1c(C(=O)N(CCO)CCO)sc2ccccc12. The Hall–Kier alpha value is -1.63. The van der Waals surface area contributed by atoms with Crippen LogP contribution in [0.15, 0.2) is 24.3 Å². The molecule has 0 aliphatic carbocycles. The summed E-state index contributed by atoms with van der Waals surface area (Å²) < 4.78 is 0.955. The van der Waals surface area contributed by atoms with Crippen LogP contribution in [0, 0.1) is 0 Å². The number of hydrogen-bond acceptors (Lipinski definition) is 5. The van der Waals surface area contributed by atoms with Crippen LogP contribution in [-0.2, 0) is 0 Å². The van der Waals surface area contributed by atoms with Crippen LogP contribution >= 0.6 is 11.3 Å². The molecule has 0 fully saturated rings.